The minimum Gasteiger partial charge on any atom is -0.481 e. The van der Waals surface area contributed by atoms with Crippen molar-refractivity contribution >= 4 is 11.9 Å². The van der Waals surface area contributed by atoms with Gasteiger partial charge in [-0.1, -0.05) is 12.1 Å². The molecular weight excluding hydrogens is 325 g/mol. The number of nitrogens with zero attached hydrogens (tertiary/aromatic N) is 1. The number of aryl methyl sites for hydroxylation is 1. The van der Waals surface area contributed by atoms with Crippen molar-refractivity contribution in [3.8, 4) is 0 Å². The number of hydrogen-bond donors (Lipinski definition) is 1. The molecule has 1 aliphatic rings. The summed E-state index contributed by atoms with van der Waals surface area (Å²) in [4.78, 5) is 25.7. The Labute approximate surface area is 145 Å². The summed E-state index contributed by atoms with van der Waals surface area (Å²) in [7, 11) is 0. The van der Waals surface area contributed by atoms with Gasteiger partial charge in [0.25, 0.3) is 5.91 Å². The van der Waals surface area contributed by atoms with Gasteiger partial charge in [0.2, 0.25) is 0 Å². The molecule has 1 aliphatic heterocycles. The average molecular weight is 345 g/mol. The predicted octanol–water partition coefficient (Wildman–Crippen LogP) is 3.37. The number of furan rings is 1. The number of rotatable bonds is 4. The molecular formula is C19H20FNO4. The number of carbonyl (C=O) groups is 2. The second kappa shape index (κ2) is 6.70. The number of carboxylic acids is 1. The van der Waals surface area contributed by atoms with Crippen LogP contribution in [0.1, 0.15) is 46.5 Å². The van der Waals surface area contributed by atoms with Gasteiger partial charge >= 0.3 is 5.97 Å². The lowest BCUT2D eigenvalue weighted by Crippen LogP contribution is -2.34. The molecule has 6 heteroatoms. The van der Waals surface area contributed by atoms with Crippen molar-refractivity contribution in [2.45, 2.75) is 38.6 Å². The molecule has 0 radical (unpaired) electrons. The monoisotopic (exact) mass is 345 g/mol. The number of carbonyl (C=O) groups excluding carboxylic acids is 1. The molecule has 3 rings (SSSR count). The summed E-state index contributed by atoms with van der Waals surface area (Å²) in [6.45, 7) is 4.22. The first-order chi connectivity index (χ1) is 11.9. The van der Waals surface area contributed by atoms with Crippen LogP contribution in [-0.4, -0.2) is 34.5 Å². The van der Waals surface area contributed by atoms with Gasteiger partial charge in [-0.3, -0.25) is 9.59 Å². The van der Waals surface area contributed by atoms with Gasteiger partial charge in [0.1, 0.15) is 18.0 Å². The van der Waals surface area contributed by atoms with Crippen molar-refractivity contribution in [2.75, 3.05) is 6.54 Å². The van der Waals surface area contributed by atoms with Crippen molar-refractivity contribution in [2.24, 2.45) is 0 Å². The molecule has 0 spiro atoms. The Morgan fingerprint density at radius 1 is 1.32 bits per heavy atom. The first-order valence-electron chi connectivity index (χ1n) is 8.22. The Morgan fingerprint density at radius 3 is 2.64 bits per heavy atom. The van der Waals surface area contributed by atoms with Crippen LogP contribution in [0.3, 0.4) is 0 Å². The first-order valence-corrected chi connectivity index (χ1v) is 8.22. The number of aliphatic carboxylic acids is 1. The number of likely N-dealkylation sites (tertiary alicyclic amines) is 1. The van der Waals surface area contributed by atoms with E-state index in [1.165, 1.54) is 18.4 Å². The van der Waals surface area contributed by atoms with Gasteiger partial charge in [-0.2, -0.15) is 0 Å². The topological polar surface area (TPSA) is 70.7 Å². The Kier molecular flexibility index (Phi) is 4.61. The van der Waals surface area contributed by atoms with Crippen LogP contribution in [0.15, 0.2) is 34.9 Å². The maximum atomic E-state index is 13.1. The lowest BCUT2D eigenvalue weighted by atomic mass is 9.97. The summed E-state index contributed by atoms with van der Waals surface area (Å²) >= 11 is 0. The Balaban J connectivity index is 1.82. The molecule has 0 saturated carbocycles. The van der Waals surface area contributed by atoms with Gasteiger partial charge in [0, 0.05) is 24.1 Å². The van der Waals surface area contributed by atoms with E-state index >= 15 is 0 Å². The lowest BCUT2D eigenvalue weighted by Gasteiger charge is -2.22. The summed E-state index contributed by atoms with van der Waals surface area (Å²) < 4.78 is 18.4. The van der Waals surface area contributed by atoms with Gasteiger partial charge in [0.15, 0.2) is 0 Å². The van der Waals surface area contributed by atoms with Gasteiger partial charge in [-0.15, -0.1) is 0 Å². The zero-order valence-corrected chi connectivity index (χ0v) is 14.2. The molecule has 2 unspecified atom stereocenters. The highest BCUT2D eigenvalue weighted by Gasteiger charge is 2.36. The highest BCUT2D eigenvalue weighted by molar-refractivity contribution is 5.97. The lowest BCUT2D eigenvalue weighted by molar-refractivity contribution is -0.136. The van der Waals surface area contributed by atoms with Crippen LogP contribution < -0.4 is 0 Å². The first kappa shape index (κ1) is 17.2. The second-order valence-electron chi connectivity index (χ2n) is 6.58. The van der Waals surface area contributed by atoms with Gasteiger partial charge in [-0.25, -0.2) is 4.39 Å². The van der Waals surface area contributed by atoms with Gasteiger partial charge < -0.3 is 14.4 Å². The van der Waals surface area contributed by atoms with E-state index in [1.54, 1.807) is 24.0 Å². The van der Waals surface area contributed by atoms with Crippen LogP contribution in [0.2, 0.25) is 0 Å². The van der Waals surface area contributed by atoms with Crippen molar-refractivity contribution in [1.29, 1.82) is 0 Å². The van der Waals surface area contributed by atoms with E-state index in [9.17, 15) is 14.0 Å². The van der Waals surface area contributed by atoms with E-state index in [0.717, 1.165) is 12.0 Å². The molecule has 2 atom stereocenters. The third-order valence-corrected chi connectivity index (χ3v) is 4.75. The van der Waals surface area contributed by atoms with Crippen LogP contribution in [0.25, 0.3) is 0 Å². The van der Waals surface area contributed by atoms with Crippen LogP contribution in [0.4, 0.5) is 4.39 Å². The molecule has 1 fully saturated rings. The Bertz CT molecular complexity index is 796. The zero-order chi connectivity index (χ0) is 18.1. The summed E-state index contributed by atoms with van der Waals surface area (Å²) in [6, 6.07) is 6.36. The summed E-state index contributed by atoms with van der Waals surface area (Å²) in [5.41, 5.74) is 1.98. The van der Waals surface area contributed by atoms with Crippen molar-refractivity contribution in [3.05, 3.63) is 58.8 Å². The molecule has 0 bridgehead atoms. The largest absolute Gasteiger partial charge is 0.481 e. The predicted molar refractivity (Wildman–Crippen MR) is 89.0 cm³/mol. The molecule has 1 amide bonds. The molecule has 1 saturated heterocycles. The fraction of sp³-hybridized carbons (Fsp3) is 0.368. The SMILES string of the molecule is Cc1coc(CC(=O)O)c1C(=O)N1CC(c2ccc(F)cc2)CC1C. The minimum atomic E-state index is -1.04. The molecule has 132 valence electrons. The smallest absolute Gasteiger partial charge is 0.311 e. The quantitative estimate of drug-likeness (QED) is 0.922. The summed E-state index contributed by atoms with van der Waals surface area (Å²) in [6.07, 6.45) is 1.88. The number of carboxylic acid groups (broad SMARTS) is 1. The minimum absolute atomic E-state index is 0.00883. The molecule has 1 N–H and O–H groups in total. The van der Waals surface area contributed by atoms with Crippen LogP contribution in [0.5, 0.6) is 0 Å². The summed E-state index contributed by atoms with van der Waals surface area (Å²) in [5.74, 6) is -1.21. The highest BCUT2D eigenvalue weighted by atomic mass is 19.1. The van der Waals surface area contributed by atoms with Crippen LogP contribution in [-0.2, 0) is 11.2 Å². The van der Waals surface area contributed by atoms with E-state index in [2.05, 4.69) is 0 Å². The van der Waals surface area contributed by atoms with Crippen LogP contribution >= 0.6 is 0 Å². The fourth-order valence-corrected chi connectivity index (χ4v) is 3.49. The van der Waals surface area contributed by atoms with E-state index in [-0.39, 0.29) is 35.9 Å². The Hall–Kier alpha value is -2.63. The molecule has 5 nitrogen and oxygen atoms in total. The van der Waals surface area contributed by atoms with E-state index in [4.69, 9.17) is 9.52 Å². The summed E-state index contributed by atoms with van der Waals surface area (Å²) in [5, 5.41) is 9.00. The molecule has 0 aliphatic carbocycles. The van der Waals surface area contributed by atoms with E-state index < -0.39 is 5.97 Å². The fourth-order valence-electron chi connectivity index (χ4n) is 3.49. The molecule has 25 heavy (non-hydrogen) atoms. The second-order valence-corrected chi connectivity index (χ2v) is 6.58. The average Bonchev–Trinajstić information content (AvgIpc) is 3.10. The van der Waals surface area contributed by atoms with Crippen molar-refractivity contribution in [1.82, 2.24) is 4.90 Å². The molecule has 1 aromatic carbocycles. The molecule has 2 aromatic rings. The normalized spacial score (nSPS) is 20.0. The molecule has 2 heterocycles. The van der Waals surface area contributed by atoms with Gasteiger partial charge in [-0.05, 0) is 38.0 Å². The number of hydrogen-bond acceptors (Lipinski definition) is 3. The van der Waals surface area contributed by atoms with E-state index in [1.807, 2.05) is 6.92 Å². The molecule has 1 aromatic heterocycles. The number of benzene rings is 1. The Morgan fingerprint density at radius 2 is 2.00 bits per heavy atom. The standard InChI is InChI=1S/C19H20FNO4/c1-11-10-25-16(8-17(22)23)18(11)19(24)21-9-14(7-12(21)2)13-3-5-15(20)6-4-13/h3-6,10,12,14H,7-9H2,1-2H3,(H,22,23). The third kappa shape index (κ3) is 3.43. The maximum absolute atomic E-state index is 13.1. The van der Waals surface area contributed by atoms with Crippen molar-refractivity contribution < 1.29 is 23.5 Å². The maximum Gasteiger partial charge on any atom is 0.311 e. The number of amides is 1. The highest BCUT2D eigenvalue weighted by Crippen LogP contribution is 2.33. The third-order valence-electron chi connectivity index (χ3n) is 4.75. The van der Waals surface area contributed by atoms with Gasteiger partial charge in [0.05, 0.1) is 11.8 Å². The number of halogens is 1. The van der Waals surface area contributed by atoms with Crippen molar-refractivity contribution in [3.63, 3.8) is 0 Å². The van der Waals surface area contributed by atoms with Crippen LogP contribution in [0, 0.1) is 12.7 Å². The zero-order valence-electron chi connectivity index (χ0n) is 14.2. The van der Waals surface area contributed by atoms with E-state index in [0.29, 0.717) is 17.7 Å².